The van der Waals surface area contributed by atoms with Crippen molar-refractivity contribution in [3.63, 3.8) is 0 Å². The van der Waals surface area contributed by atoms with Gasteiger partial charge in [-0.25, -0.2) is 15.0 Å². The molecule has 0 aliphatic carbocycles. The monoisotopic (exact) mass is 890 g/mol. The molecular weight excluding hydrogens is 849 g/mol. The summed E-state index contributed by atoms with van der Waals surface area (Å²) in [6.45, 7) is 2.96. The normalized spacial score (nSPS) is 12.7. The highest BCUT2D eigenvalue weighted by atomic mass is 16.5. The molecule has 9 heteroatoms. The number of rotatable bonds is 7. The van der Waals surface area contributed by atoms with Crippen LogP contribution < -0.4 is 14.5 Å². The van der Waals surface area contributed by atoms with Crippen LogP contribution in [0.4, 0.5) is 17.1 Å². The van der Waals surface area contributed by atoms with Crippen LogP contribution in [0.3, 0.4) is 0 Å². The minimum absolute atomic E-state index is 0.745. The van der Waals surface area contributed by atoms with Crippen molar-refractivity contribution in [1.82, 2.24) is 28.7 Å². The second kappa shape index (κ2) is 15.2. The minimum Gasteiger partial charge on any atom is -0.457 e. The third kappa shape index (κ3) is 5.93. The Labute approximate surface area is 397 Å². The van der Waals surface area contributed by atoms with E-state index in [2.05, 4.69) is 214 Å². The van der Waals surface area contributed by atoms with Gasteiger partial charge in [0.05, 0.1) is 51.5 Å². The van der Waals surface area contributed by atoms with Crippen LogP contribution in [0.5, 0.6) is 11.5 Å². The Bertz CT molecular complexity index is 3980. The van der Waals surface area contributed by atoms with E-state index < -0.39 is 0 Å². The SMILES string of the molecule is Cc1cc(-n2c3ccccc3c3ccc(Oc4cccc(N5CN(C)c6ccccc65)c4)cc32)ncc1-c1c(-n2c3ccccc3c3cccnc32)cccc1-n1c2ccccc2c2cccnc21. The minimum atomic E-state index is 0.745. The number of hydrogen-bond acceptors (Lipinski definition) is 6. The third-order valence-electron chi connectivity index (χ3n) is 13.9. The molecule has 14 rings (SSSR count). The fourth-order valence-corrected chi connectivity index (χ4v) is 10.9. The number of benzene rings is 7. The molecule has 0 radical (unpaired) electrons. The molecule has 1 aliphatic rings. The van der Waals surface area contributed by atoms with Gasteiger partial charge in [0.15, 0.2) is 0 Å². The molecule has 0 unspecified atom stereocenters. The third-order valence-corrected chi connectivity index (χ3v) is 13.9. The number of ether oxygens (including phenoxy) is 1. The highest BCUT2D eigenvalue weighted by molar-refractivity contribution is 6.12. The first-order valence-electron chi connectivity index (χ1n) is 23.3. The number of anilines is 3. The van der Waals surface area contributed by atoms with Crippen LogP contribution in [0.25, 0.3) is 94.0 Å². The maximum atomic E-state index is 6.72. The Morgan fingerprint density at radius 1 is 0.435 bits per heavy atom. The number of aryl methyl sites for hydroxylation is 1. The standard InChI is InChI=1S/C60H42N8O/c1-38-33-57(66-49-22-6-3-17-42(49)45-30-29-41(35-56(45)66)69-40-16-11-15-39(34-40)65-37-64(2)52-25-9-10-26-53(52)65)63-36-48(38)58-54(67-50-23-7-4-18-43(50)46-20-13-31-61-59(46)67)27-12-28-55(58)68-51-24-8-5-19-44(51)47-21-14-32-62-60(47)68/h3-36H,37H2,1-2H3. The van der Waals surface area contributed by atoms with Crippen LogP contribution in [0.1, 0.15) is 5.56 Å². The van der Waals surface area contributed by atoms with Gasteiger partial charge in [0.1, 0.15) is 28.6 Å². The van der Waals surface area contributed by atoms with E-state index in [-0.39, 0.29) is 0 Å². The van der Waals surface area contributed by atoms with Crippen molar-refractivity contribution in [2.24, 2.45) is 0 Å². The van der Waals surface area contributed by atoms with E-state index in [4.69, 9.17) is 19.7 Å². The Morgan fingerprint density at radius 3 is 1.64 bits per heavy atom. The van der Waals surface area contributed by atoms with Crippen molar-refractivity contribution < 1.29 is 4.74 Å². The van der Waals surface area contributed by atoms with E-state index in [0.29, 0.717) is 0 Å². The highest BCUT2D eigenvalue weighted by Gasteiger charge is 2.26. The predicted octanol–water partition coefficient (Wildman–Crippen LogP) is 14.5. The molecule has 7 heterocycles. The zero-order valence-corrected chi connectivity index (χ0v) is 37.8. The van der Waals surface area contributed by atoms with Gasteiger partial charge in [0.25, 0.3) is 0 Å². The van der Waals surface area contributed by atoms with Crippen molar-refractivity contribution >= 4 is 82.7 Å². The van der Waals surface area contributed by atoms with Gasteiger partial charge in [-0.15, -0.1) is 0 Å². The smallest absolute Gasteiger partial charge is 0.145 e. The van der Waals surface area contributed by atoms with Crippen molar-refractivity contribution in [1.29, 1.82) is 0 Å². The summed E-state index contributed by atoms with van der Waals surface area (Å²) in [6.07, 6.45) is 5.81. The highest BCUT2D eigenvalue weighted by Crippen LogP contribution is 2.44. The Hall–Kier alpha value is -9.21. The lowest BCUT2D eigenvalue weighted by molar-refractivity contribution is 0.483. The number of pyridine rings is 3. The van der Waals surface area contributed by atoms with Gasteiger partial charge in [0.2, 0.25) is 0 Å². The predicted molar refractivity (Wildman–Crippen MR) is 281 cm³/mol. The number of nitrogens with zero attached hydrogens (tertiary/aromatic N) is 8. The molecule has 6 aromatic heterocycles. The Balaban J connectivity index is 0.943. The van der Waals surface area contributed by atoms with Gasteiger partial charge in [-0.1, -0.05) is 78.9 Å². The average Bonchev–Trinajstić information content (AvgIpc) is 4.12. The van der Waals surface area contributed by atoms with E-state index >= 15 is 0 Å². The van der Waals surface area contributed by atoms with Gasteiger partial charge in [-0.2, -0.15) is 0 Å². The molecule has 69 heavy (non-hydrogen) atoms. The summed E-state index contributed by atoms with van der Waals surface area (Å²) < 4.78 is 13.6. The molecule has 13 aromatic rings. The second-order valence-corrected chi connectivity index (χ2v) is 17.9. The Kier molecular flexibility index (Phi) is 8.57. The maximum Gasteiger partial charge on any atom is 0.145 e. The van der Waals surface area contributed by atoms with Gasteiger partial charge >= 0.3 is 0 Å². The zero-order chi connectivity index (χ0) is 45.7. The van der Waals surface area contributed by atoms with Crippen LogP contribution in [0.2, 0.25) is 0 Å². The number of fused-ring (bicyclic) bond motifs is 10. The molecule has 0 bridgehead atoms. The zero-order valence-electron chi connectivity index (χ0n) is 37.8. The molecule has 0 saturated heterocycles. The average molecular weight is 891 g/mol. The molecule has 1 aliphatic heterocycles. The summed E-state index contributed by atoms with van der Waals surface area (Å²) in [4.78, 5) is 20.1. The summed E-state index contributed by atoms with van der Waals surface area (Å²) in [5.74, 6) is 2.33. The van der Waals surface area contributed by atoms with Crippen LogP contribution in [-0.4, -0.2) is 42.4 Å². The molecule has 7 aromatic carbocycles. The topological polar surface area (TPSA) is 69.2 Å². The molecule has 0 fully saturated rings. The number of aromatic nitrogens is 6. The summed E-state index contributed by atoms with van der Waals surface area (Å²) in [5.41, 5.74) is 14.6. The van der Waals surface area contributed by atoms with Crippen molar-refractivity contribution in [2.75, 3.05) is 23.5 Å². The molecule has 328 valence electrons. The first-order chi connectivity index (χ1) is 34.1. The molecule has 0 saturated carbocycles. The van der Waals surface area contributed by atoms with Crippen LogP contribution in [0.15, 0.2) is 207 Å². The molecular formula is C60H42N8O. The van der Waals surface area contributed by atoms with Crippen molar-refractivity contribution in [2.45, 2.75) is 6.92 Å². The lowest BCUT2D eigenvalue weighted by Gasteiger charge is -2.21. The molecule has 0 amide bonds. The summed E-state index contributed by atoms with van der Waals surface area (Å²) in [6, 6.07) is 66.1. The van der Waals surface area contributed by atoms with E-state index in [1.165, 1.54) is 11.4 Å². The van der Waals surface area contributed by atoms with Crippen molar-refractivity contribution in [3.8, 4) is 39.8 Å². The van der Waals surface area contributed by atoms with E-state index in [1.54, 1.807) is 0 Å². The quantitative estimate of drug-likeness (QED) is 0.159. The van der Waals surface area contributed by atoms with Gasteiger partial charge in [0, 0.05) is 86.9 Å². The maximum absolute atomic E-state index is 6.72. The summed E-state index contributed by atoms with van der Waals surface area (Å²) in [5, 5.41) is 6.76. The largest absolute Gasteiger partial charge is 0.457 e. The fourth-order valence-electron chi connectivity index (χ4n) is 10.9. The Morgan fingerprint density at radius 2 is 0.971 bits per heavy atom. The van der Waals surface area contributed by atoms with Crippen LogP contribution in [0, 0.1) is 6.92 Å². The van der Waals surface area contributed by atoms with Crippen LogP contribution >= 0.6 is 0 Å². The number of para-hydroxylation sites is 5. The molecule has 0 atom stereocenters. The van der Waals surface area contributed by atoms with E-state index in [1.807, 2.05) is 30.6 Å². The van der Waals surface area contributed by atoms with Crippen LogP contribution in [-0.2, 0) is 0 Å². The van der Waals surface area contributed by atoms with E-state index in [9.17, 15) is 0 Å². The van der Waals surface area contributed by atoms with Gasteiger partial charge < -0.3 is 14.5 Å². The van der Waals surface area contributed by atoms with Gasteiger partial charge in [-0.05, 0) is 110 Å². The fraction of sp³-hybridized carbons (Fsp3) is 0.0500. The summed E-state index contributed by atoms with van der Waals surface area (Å²) >= 11 is 0. The van der Waals surface area contributed by atoms with Crippen molar-refractivity contribution in [3.05, 3.63) is 212 Å². The lowest BCUT2D eigenvalue weighted by atomic mass is 9.98. The first kappa shape index (κ1) is 39.0. The summed E-state index contributed by atoms with van der Waals surface area (Å²) in [7, 11) is 2.13. The first-order valence-corrected chi connectivity index (χ1v) is 23.3. The second-order valence-electron chi connectivity index (χ2n) is 17.9. The molecule has 9 nitrogen and oxygen atoms in total. The van der Waals surface area contributed by atoms with E-state index in [0.717, 1.165) is 123 Å². The lowest BCUT2D eigenvalue weighted by Crippen LogP contribution is -2.23. The van der Waals surface area contributed by atoms with Gasteiger partial charge in [-0.3, -0.25) is 13.7 Å². The molecule has 0 spiro atoms. The molecule has 0 N–H and O–H groups in total. The number of hydrogen-bond donors (Lipinski definition) is 0.